The molecule has 0 N–H and O–H groups in total. The molecule has 2 aromatic carbocycles. The molecule has 0 fully saturated rings. The highest BCUT2D eigenvalue weighted by molar-refractivity contribution is 7.98. The predicted octanol–water partition coefficient (Wildman–Crippen LogP) is 3.67. The molecular formula is C24H26N4O2S. The summed E-state index contributed by atoms with van der Waals surface area (Å²) in [7, 11) is 3.18. The first kappa shape index (κ1) is 21.2. The lowest BCUT2D eigenvalue weighted by Gasteiger charge is -2.10. The number of aryl methyl sites for hydroxylation is 4. The van der Waals surface area contributed by atoms with E-state index in [2.05, 4.69) is 43.3 Å². The zero-order valence-corrected chi connectivity index (χ0v) is 18.9. The van der Waals surface area contributed by atoms with Gasteiger partial charge in [-0.3, -0.25) is 13.9 Å². The van der Waals surface area contributed by atoms with E-state index in [0.29, 0.717) is 17.7 Å². The van der Waals surface area contributed by atoms with Crippen LogP contribution in [0.3, 0.4) is 0 Å². The molecule has 0 radical (unpaired) electrons. The summed E-state index contributed by atoms with van der Waals surface area (Å²) in [5, 5.41) is 0.766. The fourth-order valence-electron chi connectivity index (χ4n) is 3.66. The zero-order valence-electron chi connectivity index (χ0n) is 18.0. The van der Waals surface area contributed by atoms with Crippen LogP contribution in [0.25, 0.3) is 11.2 Å². The van der Waals surface area contributed by atoms with Crippen LogP contribution in [0.4, 0.5) is 0 Å². The van der Waals surface area contributed by atoms with Crippen LogP contribution in [0.1, 0.15) is 23.1 Å². The van der Waals surface area contributed by atoms with Gasteiger partial charge in [0, 0.05) is 26.4 Å². The predicted molar refractivity (Wildman–Crippen MR) is 126 cm³/mol. The van der Waals surface area contributed by atoms with Crippen molar-refractivity contribution in [3.05, 3.63) is 92.1 Å². The highest BCUT2D eigenvalue weighted by Crippen LogP contribution is 2.26. The number of hydrogen-bond donors (Lipinski definition) is 0. The fourth-order valence-corrected chi connectivity index (χ4v) is 4.64. The molecule has 4 aromatic rings. The third-order valence-corrected chi connectivity index (χ3v) is 6.54. The number of fused-ring (bicyclic) bond motifs is 1. The van der Waals surface area contributed by atoms with Gasteiger partial charge in [-0.15, -0.1) is 0 Å². The van der Waals surface area contributed by atoms with Gasteiger partial charge in [-0.2, -0.15) is 0 Å². The molecule has 0 atom stereocenters. The van der Waals surface area contributed by atoms with Crippen LogP contribution in [-0.4, -0.2) is 18.7 Å². The van der Waals surface area contributed by atoms with E-state index < -0.39 is 0 Å². The molecule has 6 nitrogen and oxygen atoms in total. The first-order chi connectivity index (χ1) is 15.0. The van der Waals surface area contributed by atoms with Gasteiger partial charge in [0.2, 0.25) is 0 Å². The van der Waals surface area contributed by atoms with E-state index in [1.807, 2.05) is 22.8 Å². The minimum absolute atomic E-state index is 0.299. The molecule has 0 amide bonds. The highest BCUT2D eigenvalue weighted by atomic mass is 32.2. The molecule has 0 bridgehead atoms. The molecule has 2 aromatic heterocycles. The smallest absolute Gasteiger partial charge is 0.313 e. The summed E-state index contributed by atoms with van der Waals surface area (Å²) in [5.74, 6) is 0.747. The maximum atomic E-state index is 13.0. The molecule has 0 spiro atoms. The van der Waals surface area contributed by atoms with Crippen LogP contribution >= 0.6 is 11.8 Å². The number of rotatable bonds is 7. The van der Waals surface area contributed by atoms with Crippen molar-refractivity contribution in [3.8, 4) is 0 Å². The van der Waals surface area contributed by atoms with Gasteiger partial charge in [-0.25, -0.2) is 9.78 Å². The Morgan fingerprint density at radius 3 is 2.32 bits per heavy atom. The second-order valence-electron chi connectivity index (χ2n) is 7.79. The van der Waals surface area contributed by atoms with Gasteiger partial charge < -0.3 is 4.57 Å². The van der Waals surface area contributed by atoms with Crippen molar-refractivity contribution in [2.75, 3.05) is 0 Å². The average molecular weight is 435 g/mol. The molecule has 0 aliphatic heterocycles. The van der Waals surface area contributed by atoms with Crippen molar-refractivity contribution in [2.45, 2.75) is 37.2 Å². The van der Waals surface area contributed by atoms with Gasteiger partial charge >= 0.3 is 5.69 Å². The molecule has 4 rings (SSSR count). The highest BCUT2D eigenvalue weighted by Gasteiger charge is 2.19. The molecular weight excluding hydrogens is 408 g/mol. The lowest BCUT2D eigenvalue weighted by molar-refractivity contribution is 0.605. The number of hydrogen-bond acceptors (Lipinski definition) is 4. The summed E-state index contributed by atoms with van der Waals surface area (Å²) in [6.07, 6.45) is 1.79. The van der Waals surface area contributed by atoms with Gasteiger partial charge in [0.25, 0.3) is 5.56 Å². The Kier molecular flexibility index (Phi) is 6.13. The molecule has 160 valence electrons. The molecule has 2 heterocycles. The number of imidazole rings is 1. The van der Waals surface area contributed by atoms with Gasteiger partial charge in [0.1, 0.15) is 0 Å². The molecule has 0 saturated heterocycles. The summed E-state index contributed by atoms with van der Waals surface area (Å²) in [6.45, 7) is 2.73. The van der Waals surface area contributed by atoms with Crippen molar-refractivity contribution < 1.29 is 0 Å². The Morgan fingerprint density at radius 1 is 0.903 bits per heavy atom. The second kappa shape index (κ2) is 8.98. The lowest BCUT2D eigenvalue weighted by Crippen LogP contribution is -2.37. The van der Waals surface area contributed by atoms with Crippen LogP contribution in [0.15, 0.2) is 69.3 Å². The summed E-state index contributed by atoms with van der Waals surface area (Å²) in [5.41, 5.74) is 3.96. The van der Waals surface area contributed by atoms with Crippen LogP contribution in [-0.2, 0) is 32.8 Å². The Hall–Kier alpha value is -3.06. The largest absolute Gasteiger partial charge is 0.332 e. The van der Waals surface area contributed by atoms with Gasteiger partial charge in [0.05, 0.1) is 0 Å². The van der Waals surface area contributed by atoms with Crippen molar-refractivity contribution in [1.82, 2.24) is 18.7 Å². The molecule has 0 saturated carbocycles. The normalized spacial score (nSPS) is 11.3. The van der Waals surface area contributed by atoms with Gasteiger partial charge in [0.15, 0.2) is 16.3 Å². The van der Waals surface area contributed by atoms with Crippen molar-refractivity contribution in [2.24, 2.45) is 14.1 Å². The van der Waals surface area contributed by atoms with E-state index in [9.17, 15) is 9.59 Å². The van der Waals surface area contributed by atoms with Crippen LogP contribution in [0.2, 0.25) is 0 Å². The standard InChI is InChI=1S/C24H26N4O2S/c1-17-11-13-19(14-12-17)16-31-23-25-21-20(22(29)27(3)24(30)26(21)2)28(23)15-7-10-18-8-5-4-6-9-18/h4-6,8-9,11-14H,7,10,15-16H2,1-3H3. The summed E-state index contributed by atoms with van der Waals surface area (Å²) >= 11 is 1.60. The molecule has 0 unspecified atom stereocenters. The number of thioether (sulfide) groups is 1. The first-order valence-corrected chi connectivity index (χ1v) is 11.3. The average Bonchev–Trinajstić information content (AvgIpc) is 3.15. The molecule has 7 heteroatoms. The minimum Gasteiger partial charge on any atom is -0.313 e. The number of aromatic nitrogens is 4. The maximum absolute atomic E-state index is 13.0. The summed E-state index contributed by atoms with van der Waals surface area (Å²) in [6, 6.07) is 18.7. The Morgan fingerprint density at radius 2 is 1.61 bits per heavy atom. The monoisotopic (exact) mass is 434 g/mol. The minimum atomic E-state index is -0.360. The summed E-state index contributed by atoms with van der Waals surface area (Å²) < 4.78 is 4.60. The van der Waals surface area contributed by atoms with Crippen molar-refractivity contribution >= 4 is 22.9 Å². The quantitative estimate of drug-likeness (QED) is 0.417. The van der Waals surface area contributed by atoms with E-state index in [1.54, 1.807) is 18.8 Å². The SMILES string of the molecule is Cc1ccc(CSc2nc3c(c(=O)n(C)c(=O)n3C)n2CCCc2ccccc2)cc1. The number of nitrogens with zero attached hydrogens (tertiary/aromatic N) is 4. The topological polar surface area (TPSA) is 61.8 Å². The summed E-state index contributed by atoms with van der Waals surface area (Å²) in [4.78, 5) is 30.1. The van der Waals surface area contributed by atoms with E-state index >= 15 is 0 Å². The Balaban J connectivity index is 1.69. The van der Waals surface area contributed by atoms with Gasteiger partial charge in [-0.1, -0.05) is 71.9 Å². The lowest BCUT2D eigenvalue weighted by atomic mass is 10.1. The third kappa shape index (κ3) is 4.37. The van der Waals surface area contributed by atoms with Crippen LogP contribution in [0, 0.1) is 6.92 Å². The first-order valence-electron chi connectivity index (χ1n) is 10.3. The van der Waals surface area contributed by atoms with E-state index in [-0.39, 0.29) is 11.2 Å². The van der Waals surface area contributed by atoms with Crippen LogP contribution in [0.5, 0.6) is 0 Å². The van der Waals surface area contributed by atoms with Gasteiger partial charge in [-0.05, 0) is 30.9 Å². The van der Waals surface area contributed by atoms with Crippen LogP contribution < -0.4 is 11.2 Å². The van der Waals surface area contributed by atoms with Crippen molar-refractivity contribution in [1.29, 1.82) is 0 Å². The fraction of sp³-hybridized carbons (Fsp3) is 0.292. The van der Waals surface area contributed by atoms with Crippen molar-refractivity contribution in [3.63, 3.8) is 0 Å². The maximum Gasteiger partial charge on any atom is 0.332 e. The molecule has 0 aliphatic carbocycles. The molecule has 0 aliphatic rings. The van der Waals surface area contributed by atoms with E-state index in [0.717, 1.165) is 28.3 Å². The number of benzene rings is 2. The third-order valence-electron chi connectivity index (χ3n) is 5.49. The zero-order chi connectivity index (χ0) is 22.0. The van der Waals surface area contributed by atoms with E-state index in [4.69, 9.17) is 4.98 Å². The Bertz CT molecular complexity index is 1320. The van der Waals surface area contributed by atoms with E-state index in [1.165, 1.54) is 28.3 Å². The molecule has 31 heavy (non-hydrogen) atoms. The second-order valence-corrected chi connectivity index (χ2v) is 8.73. The Labute approximate surface area is 185 Å².